The highest BCUT2D eigenvalue weighted by atomic mass is 16.4. The molecule has 0 spiro atoms. The quantitative estimate of drug-likeness (QED) is 0.538. The Morgan fingerprint density at radius 2 is 1.32 bits per heavy atom. The Labute approximate surface area is 113 Å². The van der Waals surface area contributed by atoms with Gasteiger partial charge < -0.3 is 15.3 Å². The van der Waals surface area contributed by atoms with E-state index in [4.69, 9.17) is 15.3 Å². The van der Waals surface area contributed by atoms with Gasteiger partial charge in [0.1, 0.15) is 0 Å². The molecule has 0 fully saturated rings. The summed E-state index contributed by atoms with van der Waals surface area (Å²) in [5, 5.41) is 24.0. The molecule has 0 aliphatic heterocycles. The first-order chi connectivity index (χ1) is 8.70. The smallest absolute Gasteiger partial charge is 0.330 e. The number of hydrogen-bond acceptors (Lipinski definition) is 3. The van der Waals surface area contributed by atoms with Crippen LogP contribution < -0.4 is 0 Å². The summed E-state index contributed by atoms with van der Waals surface area (Å²) >= 11 is 0. The molecule has 0 aromatic heterocycles. The van der Waals surface area contributed by atoms with Crippen molar-refractivity contribution in [3.05, 3.63) is 48.6 Å². The standard InChI is InChI=1S/C6H10O.2C4H6O2/c1-2-3-4-5-6-7;2*1-3(2)4(5)6/h2-5,7H,6H2,1H3;2*1H2,2H3,(H,5,6)/b3-2+,5-4+;;. The molecule has 0 aliphatic carbocycles. The molecule has 0 unspecified atom stereocenters. The highest BCUT2D eigenvalue weighted by Gasteiger charge is 1.90. The molecule has 0 saturated carbocycles. The van der Waals surface area contributed by atoms with Gasteiger partial charge in [0.05, 0.1) is 6.61 Å². The van der Waals surface area contributed by atoms with E-state index in [0.29, 0.717) is 0 Å². The van der Waals surface area contributed by atoms with E-state index in [1.807, 2.05) is 19.1 Å². The first kappa shape index (κ1) is 22.1. The summed E-state index contributed by atoms with van der Waals surface area (Å²) in [6.45, 7) is 11.3. The minimum Gasteiger partial charge on any atom is -0.478 e. The Morgan fingerprint density at radius 3 is 1.47 bits per heavy atom. The number of aliphatic hydroxyl groups is 1. The molecule has 19 heavy (non-hydrogen) atoms. The van der Waals surface area contributed by atoms with E-state index in [2.05, 4.69) is 13.2 Å². The van der Waals surface area contributed by atoms with Crippen LogP contribution >= 0.6 is 0 Å². The third-order valence-corrected chi connectivity index (χ3v) is 1.28. The molecule has 0 saturated heterocycles. The van der Waals surface area contributed by atoms with Gasteiger partial charge in [0.15, 0.2) is 0 Å². The summed E-state index contributed by atoms with van der Waals surface area (Å²) in [6, 6.07) is 0. The molecule has 0 heterocycles. The van der Waals surface area contributed by atoms with Crippen molar-refractivity contribution in [2.24, 2.45) is 0 Å². The minimum absolute atomic E-state index is 0.129. The average Bonchev–Trinajstić information content (AvgIpc) is 2.31. The van der Waals surface area contributed by atoms with E-state index >= 15 is 0 Å². The fourth-order valence-electron chi connectivity index (χ4n) is 0.251. The lowest BCUT2D eigenvalue weighted by atomic mass is 10.4. The molecule has 0 aromatic carbocycles. The van der Waals surface area contributed by atoms with Gasteiger partial charge in [-0.25, -0.2) is 9.59 Å². The third kappa shape index (κ3) is 31.3. The Morgan fingerprint density at radius 1 is 1.00 bits per heavy atom. The number of allylic oxidation sites excluding steroid dienone is 3. The van der Waals surface area contributed by atoms with Crippen molar-refractivity contribution < 1.29 is 24.9 Å². The molecule has 0 amide bonds. The summed E-state index contributed by atoms with van der Waals surface area (Å²) in [4.78, 5) is 19.2. The van der Waals surface area contributed by atoms with Crippen molar-refractivity contribution in [3.8, 4) is 0 Å². The molecule has 108 valence electrons. The molecule has 5 nitrogen and oxygen atoms in total. The normalized spacial score (nSPS) is 9.05. The van der Waals surface area contributed by atoms with Gasteiger partial charge in [-0.2, -0.15) is 0 Å². The largest absolute Gasteiger partial charge is 0.478 e. The van der Waals surface area contributed by atoms with Crippen LogP contribution in [0.2, 0.25) is 0 Å². The molecule has 0 rings (SSSR count). The van der Waals surface area contributed by atoms with Gasteiger partial charge >= 0.3 is 11.9 Å². The Kier molecular flexibility index (Phi) is 18.4. The predicted octanol–water partition coefficient (Wildman–Crippen LogP) is 2.41. The van der Waals surface area contributed by atoms with Gasteiger partial charge in [0.2, 0.25) is 0 Å². The second kappa shape index (κ2) is 15.9. The first-order valence-electron chi connectivity index (χ1n) is 5.36. The van der Waals surface area contributed by atoms with Gasteiger partial charge in [-0.3, -0.25) is 0 Å². The first-order valence-corrected chi connectivity index (χ1v) is 5.36. The molecular formula is C14H22O5. The lowest BCUT2D eigenvalue weighted by Gasteiger charge is -1.79. The van der Waals surface area contributed by atoms with Crippen LogP contribution in [0, 0.1) is 0 Å². The average molecular weight is 270 g/mol. The topological polar surface area (TPSA) is 94.8 Å². The molecule has 3 N–H and O–H groups in total. The van der Waals surface area contributed by atoms with Crippen molar-refractivity contribution >= 4 is 11.9 Å². The van der Waals surface area contributed by atoms with Crippen molar-refractivity contribution in [2.45, 2.75) is 20.8 Å². The van der Waals surface area contributed by atoms with E-state index in [-0.39, 0.29) is 17.8 Å². The zero-order valence-electron chi connectivity index (χ0n) is 11.6. The number of aliphatic carboxylic acids is 2. The van der Waals surface area contributed by atoms with E-state index in [1.54, 1.807) is 12.2 Å². The van der Waals surface area contributed by atoms with Crippen LogP contribution in [-0.4, -0.2) is 33.9 Å². The highest BCUT2D eigenvalue weighted by molar-refractivity contribution is 5.85. The second-order valence-corrected chi connectivity index (χ2v) is 3.31. The van der Waals surface area contributed by atoms with Crippen LogP contribution in [0.3, 0.4) is 0 Å². The second-order valence-electron chi connectivity index (χ2n) is 3.31. The number of aliphatic hydroxyl groups excluding tert-OH is 1. The van der Waals surface area contributed by atoms with Crippen molar-refractivity contribution in [1.29, 1.82) is 0 Å². The minimum atomic E-state index is -0.935. The lowest BCUT2D eigenvalue weighted by Crippen LogP contribution is -1.92. The van der Waals surface area contributed by atoms with Crippen molar-refractivity contribution in [1.82, 2.24) is 0 Å². The number of hydrogen-bond donors (Lipinski definition) is 3. The maximum atomic E-state index is 9.60. The third-order valence-electron chi connectivity index (χ3n) is 1.28. The van der Waals surface area contributed by atoms with Crippen LogP contribution in [0.4, 0.5) is 0 Å². The van der Waals surface area contributed by atoms with Gasteiger partial charge in [0, 0.05) is 11.1 Å². The highest BCUT2D eigenvalue weighted by Crippen LogP contribution is 1.81. The Bertz CT molecular complexity index is 303. The van der Waals surface area contributed by atoms with Crippen LogP contribution in [0.15, 0.2) is 48.6 Å². The molecule has 5 heteroatoms. The van der Waals surface area contributed by atoms with Crippen LogP contribution in [0.25, 0.3) is 0 Å². The Balaban J connectivity index is -0.000000203. The van der Waals surface area contributed by atoms with E-state index in [0.717, 1.165) is 0 Å². The van der Waals surface area contributed by atoms with Gasteiger partial charge in [-0.05, 0) is 20.8 Å². The van der Waals surface area contributed by atoms with Crippen LogP contribution in [0.5, 0.6) is 0 Å². The summed E-state index contributed by atoms with van der Waals surface area (Å²) < 4.78 is 0. The fourth-order valence-corrected chi connectivity index (χ4v) is 0.251. The van der Waals surface area contributed by atoms with E-state index in [1.165, 1.54) is 13.8 Å². The number of carbonyl (C=O) groups is 2. The maximum Gasteiger partial charge on any atom is 0.330 e. The maximum absolute atomic E-state index is 9.60. The molecule has 0 bridgehead atoms. The van der Waals surface area contributed by atoms with Gasteiger partial charge in [-0.15, -0.1) is 0 Å². The van der Waals surface area contributed by atoms with Gasteiger partial charge in [0.25, 0.3) is 0 Å². The van der Waals surface area contributed by atoms with Crippen molar-refractivity contribution in [3.63, 3.8) is 0 Å². The van der Waals surface area contributed by atoms with Crippen LogP contribution in [0.1, 0.15) is 20.8 Å². The molecule has 0 aromatic rings. The lowest BCUT2D eigenvalue weighted by molar-refractivity contribution is -0.133. The number of rotatable bonds is 4. The predicted molar refractivity (Wildman–Crippen MR) is 75.9 cm³/mol. The van der Waals surface area contributed by atoms with E-state index < -0.39 is 11.9 Å². The number of carboxylic acid groups (broad SMARTS) is 2. The molecule has 0 atom stereocenters. The summed E-state index contributed by atoms with van der Waals surface area (Å²) in [7, 11) is 0. The Hall–Kier alpha value is -2.14. The van der Waals surface area contributed by atoms with E-state index in [9.17, 15) is 9.59 Å². The summed E-state index contributed by atoms with van der Waals surface area (Å²) in [6.07, 6.45) is 7.27. The van der Waals surface area contributed by atoms with Gasteiger partial charge in [-0.1, -0.05) is 37.5 Å². The molecule has 0 aliphatic rings. The SMILES string of the molecule is C/C=C/C=C/CO.C=C(C)C(=O)O.C=C(C)C(=O)O. The number of carboxylic acids is 2. The monoisotopic (exact) mass is 270 g/mol. The molecular weight excluding hydrogens is 248 g/mol. The summed E-state index contributed by atoms with van der Waals surface area (Å²) in [5.41, 5.74) is 0.352. The fraction of sp³-hybridized carbons (Fsp3) is 0.286. The summed E-state index contributed by atoms with van der Waals surface area (Å²) in [5.74, 6) is -1.87. The van der Waals surface area contributed by atoms with Crippen molar-refractivity contribution in [2.75, 3.05) is 6.61 Å². The zero-order valence-corrected chi connectivity index (χ0v) is 11.6. The van der Waals surface area contributed by atoms with Crippen LogP contribution in [-0.2, 0) is 9.59 Å². The zero-order chi connectivity index (χ0) is 15.8. The molecule has 0 radical (unpaired) electrons.